The molecular formula is C24H29N3O2S. The number of anilines is 1. The molecule has 0 radical (unpaired) electrons. The Morgan fingerprint density at radius 3 is 2.37 bits per heavy atom. The monoisotopic (exact) mass is 423 g/mol. The SMILES string of the molecule is CC[C@H](C)N(Cc1csc(COc2ccc(C)cc2)n1)C(=O)Nc1ccc(C)cc1. The molecule has 0 bridgehead atoms. The number of carbonyl (C=O) groups is 1. The summed E-state index contributed by atoms with van der Waals surface area (Å²) in [6.07, 6.45) is 0.870. The number of benzene rings is 2. The molecule has 0 saturated carbocycles. The van der Waals surface area contributed by atoms with Crippen molar-refractivity contribution in [3.05, 3.63) is 75.7 Å². The maximum Gasteiger partial charge on any atom is 0.322 e. The van der Waals surface area contributed by atoms with Crippen molar-refractivity contribution in [3.8, 4) is 5.75 Å². The topological polar surface area (TPSA) is 54.5 Å². The summed E-state index contributed by atoms with van der Waals surface area (Å²) >= 11 is 1.56. The van der Waals surface area contributed by atoms with Crippen LogP contribution in [-0.2, 0) is 13.2 Å². The molecule has 30 heavy (non-hydrogen) atoms. The van der Waals surface area contributed by atoms with Gasteiger partial charge in [-0.2, -0.15) is 0 Å². The van der Waals surface area contributed by atoms with Crippen molar-refractivity contribution in [1.29, 1.82) is 0 Å². The van der Waals surface area contributed by atoms with Crippen LogP contribution in [0.1, 0.15) is 42.1 Å². The van der Waals surface area contributed by atoms with Crippen LogP contribution in [0.5, 0.6) is 5.75 Å². The number of aryl methyl sites for hydroxylation is 2. The van der Waals surface area contributed by atoms with Crippen molar-refractivity contribution >= 4 is 23.1 Å². The summed E-state index contributed by atoms with van der Waals surface area (Å²) in [5, 5.41) is 5.90. The summed E-state index contributed by atoms with van der Waals surface area (Å²) in [7, 11) is 0. The van der Waals surface area contributed by atoms with E-state index in [9.17, 15) is 4.79 Å². The number of ether oxygens (including phenoxy) is 1. The summed E-state index contributed by atoms with van der Waals surface area (Å²) in [6.45, 7) is 9.11. The van der Waals surface area contributed by atoms with E-state index in [2.05, 4.69) is 31.1 Å². The summed E-state index contributed by atoms with van der Waals surface area (Å²) in [6, 6.07) is 15.8. The first-order valence-electron chi connectivity index (χ1n) is 10.2. The molecule has 5 nitrogen and oxygen atoms in total. The third kappa shape index (κ3) is 6.07. The number of urea groups is 1. The van der Waals surface area contributed by atoms with Crippen molar-refractivity contribution in [2.24, 2.45) is 0 Å². The Balaban J connectivity index is 1.62. The Morgan fingerprint density at radius 1 is 1.10 bits per heavy atom. The summed E-state index contributed by atoms with van der Waals surface area (Å²) in [5.74, 6) is 0.830. The van der Waals surface area contributed by atoms with Gasteiger partial charge in [-0.25, -0.2) is 9.78 Å². The Bertz CT molecular complexity index is 951. The number of amides is 2. The van der Waals surface area contributed by atoms with E-state index in [0.29, 0.717) is 13.2 Å². The largest absolute Gasteiger partial charge is 0.486 e. The van der Waals surface area contributed by atoms with E-state index in [1.807, 2.05) is 65.7 Å². The molecule has 0 saturated heterocycles. The predicted octanol–water partition coefficient (Wildman–Crippen LogP) is 6.17. The highest BCUT2D eigenvalue weighted by Crippen LogP contribution is 2.19. The van der Waals surface area contributed by atoms with Gasteiger partial charge in [-0.15, -0.1) is 11.3 Å². The zero-order chi connectivity index (χ0) is 21.5. The fraction of sp³-hybridized carbons (Fsp3) is 0.333. The maximum absolute atomic E-state index is 12.9. The van der Waals surface area contributed by atoms with E-state index in [1.54, 1.807) is 11.3 Å². The Labute approximate surface area is 182 Å². The van der Waals surface area contributed by atoms with Gasteiger partial charge in [0.1, 0.15) is 17.4 Å². The maximum atomic E-state index is 12.9. The van der Waals surface area contributed by atoms with Gasteiger partial charge in [-0.05, 0) is 51.5 Å². The molecular weight excluding hydrogens is 394 g/mol. The quantitative estimate of drug-likeness (QED) is 0.471. The van der Waals surface area contributed by atoms with Crippen LogP contribution in [0, 0.1) is 13.8 Å². The van der Waals surface area contributed by atoms with E-state index in [4.69, 9.17) is 4.74 Å². The highest BCUT2D eigenvalue weighted by molar-refractivity contribution is 7.09. The van der Waals surface area contributed by atoms with Crippen molar-refractivity contribution in [3.63, 3.8) is 0 Å². The van der Waals surface area contributed by atoms with Crippen molar-refractivity contribution < 1.29 is 9.53 Å². The molecule has 2 aromatic carbocycles. The van der Waals surface area contributed by atoms with Gasteiger partial charge < -0.3 is 15.0 Å². The lowest BCUT2D eigenvalue weighted by atomic mass is 10.2. The lowest BCUT2D eigenvalue weighted by Crippen LogP contribution is -2.40. The molecule has 1 atom stereocenters. The Morgan fingerprint density at radius 2 is 1.73 bits per heavy atom. The van der Waals surface area contributed by atoms with E-state index >= 15 is 0 Å². The molecule has 0 spiro atoms. The molecule has 2 amide bonds. The van der Waals surface area contributed by atoms with Gasteiger partial charge in [0.2, 0.25) is 0 Å². The van der Waals surface area contributed by atoms with E-state index in [0.717, 1.165) is 34.1 Å². The van der Waals surface area contributed by atoms with Gasteiger partial charge in [-0.1, -0.05) is 42.3 Å². The number of carbonyl (C=O) groups excluding carboxylic acids is 1. The minimum atomic E-state index is -0.112. The first kappa shape index (κ1) is 21.8. The Kier molecular flexibility index (Phi) is 7.46. The van der Waals surface area contributed by atoms with Gasteiger partial charge >= 0.3 is 6.03 Å². The van der Waals surface area contributed by atoms with E-state index < -0.39 is 0 Å². The third-order valence-corrected chi connectivity index (χ3v) is 5.87. The fourth-order valence-corrected chi connectivity index (χ4v) is 3.62. The minimum Gasteiger partial charge on any atom is -0.486 e. The highest BCUT2D eigenvalue weighted by Gasteiger charge is 2.20. The highest BCUT2D eigenvalue weighted by atomic mass is 32.1. The lowest BCUT2D eigenvalue weighted by Gasteiger charge is -2.28. The molecule has 0 aliphatic heterocycles. The smallest absolute Gasteiger partial charge is 0.322 e. The molecule has 1 aromatic heterocycles. The number of thiazole rings is 1. The molecule has 1 heterocycles. The number of nitrogens with one attached hydrogen (secondary N) is 1. The number of hydrogen-bond donors (Lipinski definition) is 1. The van der Waals surface area contributed by atoms with Crippen LogP contribution in [0.15, 0.2) is 53.9 Å². The van der Waals surface area contributed by atoms with Crippen molar-refractivity contribution in [2.75, 3.05) is 5.32 Å². The van der Waals surface area contributed by atoms with Gasteiger partial charge in [0.05, 0.1) is 12.2 Å². The number of rotatable bonds is 8. The van der Waals surface area contributed by atoms with E-state index in [-0.39, 0.29) is 12.1 Å². The summed E-state index contributed by atoms with van der Waals surface area (Å²) < 4.78 is 5.83. The van der Waals surface area contributed by atoms with Gasteiger partial charge in [0.15, 0.2) is 0 Å². The van der Waals surface area contributed by atoms with Crippen LogP contribution in [0.2, 0.25) is 0 Å². The van der Waals surface area contributed by atoms with Crippen molar-refractivity contribution in [1.82, 2.24) is 9.88 Å². The number of nitrogens with zero attached hydrogens (tertiary/aromatic N) is 2. The van der Waals surface area contributed by atoms with Crippen LogP contribution in [0.4, 0.5) is 10.5 Å². The zero-order valence-corrected chi connectivity index (χ0v) is 18.8. The van der Waals surface area contributed by atoms with Crippen LogP contribution >= 0.6 is 11.3 Å². The second kappa shape index (κ2) is 10.3. The van der Waals surface area contributed by atoms with E-state index in [1.165, 1.54) is 5.56 Å². The second-order valence-corrected chi connectivity index (χ2v) is 8.46. The molecule has 0 fully saturated rings. The number of aromatic nitrogens is 1. The summed E-state index contributed by atoms with van der Waals surface area (Å²) in [5.41, 5.74) is 4.04. The molecule has 6 heteroatoms. The fourth-order valence-electron chi connectivity index (χ4n) is 2.92. The molecule has 1 N–H and O–H groups in total. The number of hydrogen-bond acceptors (Lipinski definition) is 4. The first-order chi connectivity index (χ1) is 14.4. The molecule has 0 unspecified atom stereocenters. The summed E-state index contributed by atoms with van der Waals surface area (Å²) in [4.78, 5) is 19.4. The predicted molar refractivity (Wildman–Crippen MR) is 123 cm³/mol. The average Bonchev–Trinajstić information content (AvgIpc) is 3.20. The van der Waals surface area contributed by atoms with Crippen LogP contribution in [-0.4, -0.2) is 22.0 Å². The first-order valence-corrected chi connectivity index (χ1v) is 11.1. The van der Waals surface area contributed by atoms with Gasteiger partial charge in [-0.3, -0.25) is 0 Å². The molecule has 0 aliphatic carbocycles. The standard InChI is InChI=1S/C24H29N3O2S/c1-5-19(4)27(24(28)26-20-10-6-17(2)7-11-20)14-21-16-30-23(25-21)15-29-22-12-8-18(3)9-13-22/h6-13,16,19H,5,14-15H2,1-4H3,(H,26,28)/t19-/m0/s1. The molecule has 3 aromatic rings. The second-order valence-electron chi connectivity index (χ2n) is 7.52. The average molecular weight is 424 g/mol. The minimum absolute atomic E-state index is 0.101. The van der Waals surface area contributed by atoms with Gasteiger partial charge in [0.25, 0.3) is 0 Å². The molecule has 0 aliphatic rings. The van der Waals surface area contributed by atoms with Crippen LogP contribution in [0.3, 0.4) is 0 Å². The Hall–Kier alpha value is -2.86. The van der Waals surface area contributed by atoms with Crippen LogP contribution in [0.25, 0.3) is 0 Å². The van der Waals surface area contributed by atoms with Crippen LogP contribution < -0.4 is 10.1 Å². The zero-order valence-electron chi connectivity index (χ0n) is 18.0. The molecule has 3 rings (SSSR count). The third-order valence-electron chi connectivity index (χ3n) is 5.00. The van der Waals surface area contributed by atoms with Gasteiger partial charge in [0, 0.05) is 17.1 Å². The molecule has 158 valence electrons. The normalized spacial score (nSPS) is 11.7. The van der Waals surface area contributed by atoms with Crippen molar-refractivity contribution in [2.45, 2.75) is 53.3 Å². The lowest BCUT2D eigenvalue weighted by molar-refractivity contribution is 0.186.